The van der Waals surface area contributed by atoms with Gasteiger partial charge in [-0.15, -0.1) is 11.3 Å². The Kier molecular flexibility index (Phi) is 3.02. The number of benzene rings is 5. The van der Waals surface area contributed by atoms with Gasteiger partial charge in [0.1, 0.15) is 0 Å². The maximum atomic E-state index is 6.49. The second-order valence-corrected chi connectivity index (χ2v) is 10.6. The molecule has 4 aromatic heterocycles. The standard InChI is InChI=1S/C30H15ClN2S/c31-16-12-13-25-20(14-16)27-26(34-25)15-24-30-28(27)19-7-2-4-10-22(19)32(30)23-11-5-8-18-17-6-1-3-9-21(17)33(24)29(18)23/h1-15H. The minimum atomic E-state index is 0.781. The van der Waals surface area contributed by atoms with Crippen molar-refractivity contribution in [1.29, 1.82) is 0 Å². The van der Waals surface area contributed by atoms with Gasteiger partial charge in [-0.25, -0.2) is 0 Å². The molecule has 9 rings (SSSR count). The highest BCUT2D eigenvalue weighted by atomic mass is 35.5. The monoisotopic (exact) mass is 470 g/mol. The molecule has 4 heteroatoms. The van der Waals surface area contributed by atoms with Gasteiger partial charge in [-0.1, -0.05) is 60.1 Å². The molecule has 4 heterocycles. The maximum Gasteiger partial charge on any atom is 0.0790 e. The van der Waals surface area contributed by atoms with Crippen LogP contribution in [0.1, 0.15) is 0 Å². The van der Waals surface area contributed by atoms with Gasteiger partial charge in [0.25, 0.3) is 0 Å². The lowest BCUT2D eigenvalue weighted by Crippen LogP contribution is -1.96. The molecule has 0 aliphatic heterocycles. The Balaban J connectivity index is 1.75. The highest BCUT2D eigenvalue weighted by molar-refractivity contribution is 7.26. The normalized spacial score (nSPS) is 12.9. The van der Waals surface area contributed by atoms with Crippen molar-refractivity contribution in [2.24, 2.45) is 0 Å². The molecule has 158 valence electrons. The van der Waals surface area contributed by atoms with Crippen molar-refractivity contribution in [3.05, 3.63) is 96.0 Å². The van der Waals surface area contributed by atoms with E-state index in [0.717, 1.165) is 5.02 Å². The van der Waals surface area contributed by atoms with Crippen LogP contribution in [-0.2, 0) is 0 Å². The lowest BCUT2D eigenvalue weighted by atomic mass is 10.0. The number of nitrogens with zero attached hydrogens (tertiary/aromatic N) is 2. The molecule has 0 saturated carbocycles. The summed E-state index contributed by atoms with van der Waals surface area (Å²) in [5.74, 6) is 0. The highest BCUT2D eigenvalue weighted by Gasteiger charge is 2.23. The summed E-state index contributed by atoms with van der Waals surface area (Å²) in [5, 5.41) is 8.53. The van der Waals surface area contributed by atoms with Crippen molar-refractivity contribution in [2.45, 2.75) is 0 Å². The van der Waals surface area contributed by atoms with Gasteiger partial charge in [0.05, 0.1) is 33.1 Å². The molecular formula is C30H15ClN2S. The SMILES string of the molecule is Clc1ccc2sc3cc4c5c(c6ccccc6n5c5cccc6c7ccccc7n4c65)c3c2c1. The summed E-state index contributed by atoms with van der Waals surface area (Å²) in [6.07, 6.45) is 0. The van der Waals surface area contributed by atoms with E-state index in [2.05, 4.69) is 93.7 Å². The number of thiophene rings is 1. The van der Waals surface area contributed by atoms with Crippen LogP contribution in [0.25, 0.3) is 74.8 Å². The number of para-hydroxylation sites is 3. The molecule has 0 aliphatic rings. The van der Waals surface area contributed by atoms with Gasteiger partial charge >= 0.3 is 0 Å². The zero-order chi connectivity index (χ0) is 22.1. The maximum absolute atomic E-state index is 6.49. The number of hydrogen-bond acceptors (Lipinski definition) is 1. The van der Waals surface area contributed by atoms with Gasteiger partial charge in [-0.2, -0.15) is 0 Å². The van der Waals surface area contributed by atoms with E-state index in [1.165, 1.54) is 74.8 Å². The zero-order valence-electron chi connectivity index (χ0n) is 17.8. The molecule has 0 aliphatic carbocycles. The van der Waals surface area contributed by atoms with Crippen LogP contribution in [0.3, 0.4) is 0 Å². The summed E-state index contributed by atoms with van der Waals surface area (Å²) in [6.45, 7) is 0. The third-order valence-electron chi connectivity index (χ3n) is 7.47. The predicted molar refractivity (Wildman–Crippen MR) is 147 cm³/mol. The topological polar surface area (TPSA) is 8.82 Å². The Morgan fingerprint density at radius 3 is 2.09 bits per heavy atom. The number of aromatic nitrogens is 2. The summed E-state index contributed by atoms with van der Waals surface area (Å²) in [7, 11) is 0. The van der Waals surface area contributed by atoms with Gasteiger partial charge in [0.2, 0.25) is 0 Å². The third kappa shape index (κ3) is 1.89. The Morgan fingerprint density at radius 1 is 0.500 bits per heavy atom. The molecule has 0 bridgehead atoms. The van der Waals surface area contributed by atoms with Gasteiger partial charge in [0.15, 0.2) is 0 Å². The van der Waals surface area contributed by atoms with Crippen LogP contribution in [0.2, 0.25) is 5.02 Å². The largest absolute Gasteiger partial charge is 0.305 e. The van der Waals surface area contributed by atoms with E-state index in [4.69, 9.17) is 11.6 Å². The molecule has 2 nitrogen and oxygen atoms in total. The fourth-order valence-electron chi connectivity index (χ4n) is 6.23. The second kappa shape index (κ2) is 5.82. The van der Waals surface area contributed by atoms with E-state index in [9.17, 15) is 0 Å². The van der Waals surface area contributed by atoms with Crippen molar-refractivity contribution in [3.8, 4) is 0 Å². The van der Waals surface area contributed by atoms with E-state index >= 15 is 0 Å². The third-order valence-corrected chi connectivity index (χ3v) is 8.82. The Morgan fingerprint density at radius 2 is 1.21 bits per heavy atom. The van der Waals surface area contributed by atoms with Crippen molar-refractivity contribution in [2.75, 3.05) is 0 Å². The van der Waals surface area contributed by atoms with Crippen molar-refractivity contribution >= 4 is 97.8 Å². The predicted octanol–water partition coefficient (Wildman–Crippen LogP) is 9.26. The molecule has 0 fully saturated rings. The van der Waals surface area contributed by atoms with E-state index in [1.54, 1.807) is 0 Å². The van der Waals surface area contributed by atoms with E-state index < -0.39 is 0 Å². The van der Waals surface area contributed by atoms with E-state index in [1.807, 2.05) is 17.4 Å². The first-order valence-corrected chi connectivity index (χ1v) is 12.6. The summed E-state index contributed by atoms with van der Waals surface area (Å²) < 4.78 is 7.54. The number of fused-ring (bicyclic) bond motifs is 12. The first-order chi connectivity index (χ1) is 16.8. The minimum Gasteiger partial charge on any atom is -0.305 e. The average molecular weight is 471 g/mol. The molecule has 34 heavy (non-hydrogen) atoms. The van der Waals surface area contributed by atoms with Gasteiger partial charge in [-0.05, 0) is 42.5 Å². The molecule has 0 spiro atoms. The number of hydrogen-bond donors (Lipinski definition) is 0. The molecule has 0 saturated heterocycles. The Bertz CT molecular complexity index is 2300. The van der Waals surface area contributed by atoms with Crippen molar-refractivity contribution in [1.82, 2.24) is 8.80 Å². The molecule has 0 N–H and O–H groups in total. The highest BCUT2D eigenvalue weighted by Crippen LogP contribution is 2.47. The summed E-state index contributed by atoms with van der Waals surface area (Å²) in [6, 6.07) is 33.0. The number of halogens is 1. The average Bonchev–Trinajstić information content (AvgIpc) is 3.51. The smallest absolute Gasteiger partial charge is 0.0790 e. The van der Waals surface area contributed by atoms with Crippen LogP contribution < -0.4 is 0 Å². The molecule has 9 aromatic rings. The summed E-state index contributed by atoms with van der Waals surface area (Å²) in [4.78, 5) is 0. The fourth-order valence-corrected chi connectivity index (χ4v) is 7.53. The molecule has 0 unspecified atom stereocenters. The Hall–Kier alpha value is -3.79. The van der Waals surface area contributed by atoms with Gasteiger partial charge in [0, 0.05) is 46.7 Å². The quantitative estimate of drug-likeness (QED) is 0.195. The molecular weight excluding hydrogens is 456 g/mol. The van der Waals surface area contributed by atoms with Crippen molar-refractivity contribution < 1.29 is 0 Å². The first kappa shape index (κ1) is 17.7. The Labute approximate surface area is 202 Å². The second-order valence-electron chi connectivity index (χ2n) is 9.11. The molecule has 5 aromatic carbocycles. The van der Waals surface area contributed by atoms with Crippen LogP contribution in [-0.4, -0.2) is 8.80 Å². The summed E-state index contributed by atoms with van der Waals surface area (Å²) in [5.41, 5.74) is 7.55. The molecule has 0 atom stereocenters. The van der Waals surface area contributed by atoms with Gasteiger partial charge in [-0.3, -0.25) is 0 Å². The molecule has 0 radical (unpaired) electrons. The van der Waals surface area contributed by atoms with E-state index in [-0.39, 0.29) is 0 Å². The van der Waals surface area contributed by atoms with Crippen LogP contribution in [0.15, 0.2) is 91.0 Å². The van der Waals surface area contributed by atoms with Crippen molar-refractivity contribution in [3.63, 3.8) is 0 Å². The van der Waals surface area contributed by atoms with E-state index in [0.29, 0.717) is 0 Å². The molecule has 0 amide bonds. The lowest BCUT2D eigenvalue weighted by Gasteiger charge is -2.12. The number of rotatable bonds is 0. The first-order valence-electron chi connectivity index (χ1n) is 11.4. The minimum absolute atomic E-state index is 0.781. The lowest BCUT2D eigenvalue weighted by molar-refractivity contribution is 1.26. The zero-order valence-corrected chi connectivity index (χ0v) is 19.4. The van der Waals surface area contributed by atoms with Crippen LogP contribution in [0, 0.1) is 0 Å². The van der Waals surface area contributed by atoms with Crippen LogP contribution >= 0.6 is 22.9 Å². The summed E-state index contributed by atoms with van der Waals surface area (Å²) >= 11 is 8.34. The van der Waals surface area contributed by atoms with Gasteiger partial charge < -0.3 is 8.80 Å². The fraction of sp³-hybridized carbons (Fsp3) is 0. The van der Waals surface area contributed by atoms with Crippen LogP contribution in [0.5, 0.6) is 0 Å². The van der Waals surface area contributed by atoms with Crippen LogP contribution in [0.4, 0.5) is 0 Å².